The summed E-state index contributed by atoms with van der Waals surface area (Å²) in [5.41, 5.74) is 2.50. The summed E-state index contributed by atoms with van der Waals surface area (Å²) in [6, 6.07) is 6.23. The van der Waals surface area contributed by atoms with Crippen LogP contribution in [0.25, 0.3) is 6.08 Å². The summed E-state index contributed by atoms with van der Waals surface area (Å²) in [7, 11) is 0. The van der Waals surface area contributed by atoms with Gasteiger partial charge in [-0.05, 0) is 23.3 Å². The van der Waals surface area contributed by atoms with E-state index in [1.807, 2.05) is 24.3 Å². The normalized spacial score (nSPS) is 14.5. The van der Waals surface area contributed by atoms with Gasteiger partial charge >= 0.3 is 0 Å². The number of halogens is 1. The quantitative estimate of drug-likeness (QED) is 0.658. The van der Waals surface area contributed by atoms with Crippen molar-refractivity contribution in [2.24, 2.45) is 0 Å². The molecule has 0 radical (unpaired) electrons. The minimum atomic E-state index is 0.563. The first-order chi connectivity index (χ1) is 6.40. The monoisotopic (exact) mass is 194 g/mol. The maximum Gasteiger partial charge on any atom is 0.122 e. The van der Waals surface area contributed by atoms with Gasteiger partial charge < -0.3 is 4.74 Å². The Morgan fingerprint density at radius 3 is 3.23 bits per heavy atom. The molecule has 1 aromatic carbocycles. The second kappa shape index (κ2) is 3.84. The average molecular weight is 195 g/mol. The summed E-state index contributed by atoms with van der Waals surface area (Å²) >= 11 is 5.56. The lowest BCUT2D eigenvalue weighted by molar-refractivity contribution is 0.357. The summed E-state index contributed by atoms with van der Waals surface area (Å²) in [4.78, 5) is 0. The summed E-state index contributed by atoms with van der Waals surface area (Å²) < 4.78 is 5.41. The largest absolute Gasteiger partial charge is 0.493 e. The van der Waals surface area contributed by atoms with Gasteiger partial charge in [0.05, 0.1) is 6.61 Å². The van der Waals surface area contributed by atoms with E-state index in [1.54, 1.807) is 0 Å². The molecule has 0 saturated carbocycles. The van der Waals surface area contributed by atoms with Gasteiger partial charge in [0.1, 0.15) is 5.75 Å². The van der Waals surface area contributed by atoms with E-state index in [9.17, 15) is 0 Å². The highest BCUT2D eigenvalue weighted by Gasteiger charge is 2.10. The van der Waals surface area contributed by atoms with E-state index in [1.165, 1.54) is 11.1 Å². The fraction of sp³-hybridized carbons (Fsp3) is 0.273. The first-order valence-electron chi connectivity index (χ1n) is 4.38. The van der Waals surface area contributed by atoms with E-state index in [0.717, 1.165) is 18.8 Å². The molecule has 0 N–H and O–H groups in total. The van der Waals surface area contributed by atoms with E-state index < -0.39 is 0 Å². The Hall–Kier alpha value is -0.950. The Balaban J connectivity index is 2.25. The Bertz CT molecular complexity index is 331. The molecule has 0 amide bonds. The number of hydrogen-bond acceptors (Lipinski definition) is 1. The van der Waals surface area contributed by atoms with Crippen LogP contribution in [0.5, 0.6) is 5.75 Å². The van der Waals surface area contributed by atoms with Crippen molar-refractivity contribution < 1.29 is 4.74 Å². The maximum absolute atomic E-state index is 5.56. The van der Waals surface area contributed by atoms with E-state index in [2.05, 4.69) is 6.07 Å². The molecule has 1 aromatic rings. The maximum atomic E-state index is 5.56. The van der Waals surface area contributed by atoms with Crippen LogP contribution in [0, 0.1) is 0 Å². The third-order valence-corrected chi connectivity index (χ3v) is 2.29. The number of hydrogen-bond donors (Lipinski definition) is 0. The fourth-order valence-electron chi connectivity index (χ4n) is 1.49. The lowest BCUT2D eigenvalue weighted by Gasteiger charge is -1.99. The van der Waals surface area contributed by atoms with Crippen molar-refractivity contribution in [3.05, 3.63) is 35.4 Å². The van der Waals surface area contributed by atoms with Crippen LogP contribution in [0.4, 0.5) is 0 Å². The summed E-state index contributed by atoms with van der Waals surface area (Å²) in [6.07, 6.45) is 5.00. The molecule has 0 saturated heterocycles. The summed E-state index contributed by atoms with van der Waals surface area (Å²) in [5.74, 6) is 1.59. The summed E-state index contributed by atoms with van der Waals surface area (Å²) in [5, 5.41) is 0. The van der Waals surface area contributed by atoms with Gasteiger partial charge in [0.25, 0.3) is 0 Å². The SMILES string of the molecule is ClCC=Cc1ccc2c(c1)CCO2. The Morgan fingerprint density at radius 2 is 2.38 bits per heavy atom. The molecule has 1 aliphatic heterocycles. The number of allylic oxidation sites excluding steroid dienone is 1. The zero-order valence-corrected chi connectivity index (χ0v) is 8.05. The molecule has 0 aromatic heterocycles. The molecule has 1 aliphatic rings. The van der Waals surface area contributed by atoms with Crippen molar-refractivity contribution in [3.8, 4) is 5.75 Å². The molecule has 1 nitrogen and oxygen atoms in total. The minimum absolute atomic E-state index is 0.563. The molecule has 0 unspecified atom stereocenters. The molecule has 13 heavy (non-hydrogen) atoms. The third kappa shape index (κ3) is 1.86. The standard InChI is InChI=1S/C11H11ClO/c12-6-1-2-9-3-4-11-10(8-9)5-7-13-11/h1-4,8H,5-7H2. The summed E-state index contributed by atoms with van der Waals surface area (Å²) in [6.45, 7) is 0.817. The molecule has 2 rings (SSSR count). The van der Waals surface area contributed by atoms with E-state index in [-0.39, 0.29) is 0 Å². The van der Waals surface area contributed by atoms with Crippen molar-refractivity contribution in [3.63, 3.8) is 0 Å². The van der Waals surface area contributed by atoms with E-state index in [0.29, 0.717) is 5.88 Å². The number of alkyl halides is 1. The number of benzene rings is 1. The third-order valence-electron chi connectivity index (χ3n) is 2.11. The van der Waals surface area contributed by atoms with Crippen LogP contribution in [-0.2, 0) is 6.42 Å². The van der Waals surface area contributed by atoms with Crippen LogP contribution in [0.1, 0.15) is 11.1 Å². The van der Waals surface area contributed by atoms with Crippen LogP contribution >= 0.6 is 11.6 Å². The molecule has 68 valence electrons. The number of fused-ring (bicyclic) bond motifs is 1. The van der Waals surface area contributed by atoms with Crippen LogP contribution in [-0.4, -0.2) is 12.5 Å². The Labute approximate surface area is 83.0 Å². The van der Waals surface area contributed by atoms with Crippen LogP contribution in [0.15, 0.2) is 24.3 Å². The van der Waals surface area contributed by atoms with Gasteiger partial charge in [-0.2, -0.15) is 0 Å². The van der Waals surface area contributed by atoms with E-state index >= 15 is 0 Å². The van der Waals surface area contributed by atoms with Crippen LogP contribution in [0.2, 0.25) is 0 Å². The molecule has 2 heteroatoms. The minimum Gasteiger partial charge on any atom is -0.493 e. The molecule has 1 heterocycles. The van der Waals surface area contributed by atoms with Crippen LogP contribution < -0.4 is 4.74 Å². The van der Waals surface area contributed by atoms with Gasteiger partial charge in [-0.15, -0.1) is 11.6 Å². The lowest BCUT2D eigenvalue weighted by Crippen LogP contribution is -1.85. The van der Waals surface area contributed by atoms with Crippen LogP contribution in [0.3, 0.4) is 0 Å². The molecule has 0 spiro atoms. The molecular weight excluding hydrogens is 184 g/mol. The highest BCUT2D eigenvalue weighted by Crippen LogP contribution is 2.26. The lowest BCUT2D eigenvalue weighted by atomic mass is 10.1. The zero-order chi connectivity index (χ0) is 9.10. The van der Waals surface area contributed by atoms with Gasteiger partial charge in [-0.25, -0.2) is 0 Å². The first-order valence-corrected chi connectivity index (χ1v) is 4.92. The molecule has 0 bridgehead atoms. The fourth-order valence-corrected chi connectivity index (χ4v) is 1.58. The second-order valence-corrected chi connectivity index (χ2v) is 3.33. The first kappa shape index (κ1) is 8.64. The van der Waals surface area contributed by atoms with Gasteiger partial charge in [-0.1, -0.05) is 18.2 Å². The Morgan fingerprint density at radius 1 is 1.46 bits per heavy atom. The van der Waals surface area contributed by atoms with Crippen molar-refractivity contribution >= 4 is 17.7 Å². The predicted octanol–water partition coefficient (Wildman–Crippen LogP) is 2.87. The molecular formula is C11H11ClO. The van der Waals surface area contributed by atoms with Gasteiger partial charge in [0, 0.05) is 12.3 Å². The van der Waals surface area contributed by atoms with Crippen molar-refractivity contribution in [2.45, 2.75) is 6.42 Å². The molecule has 0 aliphatic carbocycles. The molecule has 0 atom stereocenters. The van der Waals surface area contributed by atoms with Crippen molar-refractivity contribution in [2.75, 3.05) is 12.5 Å². The zero-order valence-electron chi connectivity index (χ0n) is 7.29. The highest BCUT2D eigenvalue weighted by molar-refractivity contribution is 6.19. The van der Waals surface area contributed by atoms with E-state index in [4.69, 9.17) is 16.3 Å². The number of rotatable bonds is 2. The van der Waals surface area contributed by atoms with Gasteiger partial charge in [-0.3, -0.25) is 0 Å². The van der Waals surface area contributed by atoms with Gasteiger partial charge in [0.2, 0.25) is 0 Å². The highest BCUT2D eigenvalue weighted by atomic mass is 35.5. The molecule has 0 fully saturated rings. The predicted molar refractivity (Wildman–Crippen MR) is 55.4 cm³/mol. The smallest absolute Gasteiger partial charge is 0.122 e. The van der Waals surface area contributed by atoms with Crippen molar-refractivity contribution in [1.29, 1.82) is 0 Å². The van der Waals surface area contributed by atoms with Crippen molar-refractivity contribution in [1.82, 2.24) is 0 Å². The Kier molecular flexibility index (Phi) is 2.55. The van der Waals surface area contributed by atoms with Gasteiger partial charge in [0.15, 0.2) is 0 Å². The topological polar surface area (TPSA) is 9.23 Å². The number of ether oxygens (including phenoxy) is 1. The average Bonchev–Trinajstić information content (AvgIpc) is 2.61. The second-order valence-electron chi connectivity index (χ2n) is 3.02.